The van der Waals surface area contributed by atoms with Crippen molar-refractivity contribution in [1.29, 1.82) is 0 Å². The van der Waals surface area contributed by atoms with Crippen molar-refractivity contribution in [2.45, 2.75) is 44.6 Å². The number of Topliss-reactive ketones (excluding diaryl/α,β-unsaturated/α-hetero) is 1. The van der Waals surface area contributed by atoms with Crippen molar-refractivity contribution in [3.8, 4) is 5.75 Å². The number of fused-ring (bicyclic) bond motifs is 9. The van der Waals surface area contributed by atoms with Gasteiger partial charge < -0.3 is 19.7 Å². The number of ketones is 1. The van der Waals surface area contributed by atoms with Gasteiger partial charge in [0.2, 0.25) is 5.78 Å². The van der Waals surface area contributed by atoms with E-state index in [2.05, 4.69) is 15.3 Å². The number of nitrogens with one attached hydrogen (secondary N) is 1. The van der Waals surface area contributed by atoms with Gasteiger partial charge in [-0.3, -0.25) is 9.59 Å². The van der Waals surface area contributed by atoms with Crippen LogP contribution in [0.1, 0.15) is 69.1 Å². The van der Waals surface area contributed by atoms with Gasteiger partial charge in [-0.25, -0.2) is 15.0 Å². The van der Waals surface area contributed by atoms with E-state index in [0.29, 0.717) is 34.6 Å². The van der Waals surface area contributed by atoms with Crippen molar-refractivity contribution in [3.05, 3.63) is 82.7 Å². The molecular formula is C26H21F2N5O4. The van der Waals surface area contributed by atoms with E-state index >= 15 is 0 Å². The molecule has 0 aliphatic carbocycles. The number of carbonyl (C=O) groups excluding carboxylic acids is 2. The van der Waals surface area contributed by atoms with Gasteiger partial charge in [-0.2, -0.15) is 8.78 Å². The van der Waals surface area contributed by atoms with Crippen molar-refractivity contribution in [1.82, 2.24) is 24.8 Å². The number of para-hydroxylation sites is 2. The van der Waals surface area contributed by atoms with Crippen molar-refractivity contribution in [2.24, 2.45) is 0 Å². The summed E-state index contributed by atoms with van der Waals surface area (Å²) < 4.78 is 33.9. The molecular weight excluding hydrogens is 484 g/mol. The van der Waals surface area contributed by atoms with Gasteiger partial charge in [0.05, 0.1) is 23.1 Å². The molecule has 9 nitrogen and oxygen atoms in total. The highest BCUT2D eigenvalue weighted by atomic mass is 19.3. The minimum Gasteiger partial charge on any atom is -0.435 e. The Morgan fingerprint density at radius 3 is 2.81 bits per heavy atom. The second kappa shape index (κ2) is 8.70. The molecule has 0 saturated carbocycles. The topological polar surface area (TPSA) is 119 Å². The van der Waals surface area contributed by atoms with E-state index in [1.54, 1.807) is 6.07 Å². The first-order chi connectivity index (χ1) is 17.8. The third kappa shape index (κ3) is 3.82. The highest BCUT2D eigenvalue weighted by Gasteiger charge is 2.42. The Morgan fingerprint density at radius 1 is 1.22 bits per heavy atom. The number of rotatable bonds is 6. The van der Waals surface area contributed by atoms with E-state index in [9.17, 15) is 23.5 Å². The molecule has 4 aromatic rings. The van der Waals surface area contributed by atoms with Crippen LogP contribution in [0.5, 0.6) is 5.75 Å². The second-order valence-electron chi connectivity index (χ2n) is 9.08. The number of nitrogens with zero attached hydrogens (tertiary/aromatic N) is 4. The molecule has 2 aliphatic rings. The molecule has 0 spiro atoms. The number of aliphatic hydroxyl groups excluding tert-OH is 1. The number of hydrogen-bond donors (Lipinski definition) is 2. The highest BCUT2D eigenvalue weighted by molar-refractivity contribution is 5.98. The molecule has 2 N–H and O–H groups in total. The van der Waals surface area contributed by atoms with Crippen LogP contribution in [-0.4, -0.2) is 49.0 Å². The number of amides is 1. The first-order valence-electron chi connectivity index (χ1n) is 11.7. The van der Waals surface area contributed by atoms with E-state index in [4.69, 9.17) is 9.72 Å². The standard InChI is InChI=1S/C26H21F2N5O4/c1-12(34)22(35)23-29-9-8-13(30-23)10-15-20(37-26(27)28)7-6-14-21(15)19-11-17(32-25(14)36)24-31-16-4-2-3-5-18(16)33(19)24/h2-9,12,17,19,26,34H,10-11H2,1H3,(H,32,36)/t12?,17-,19-/m1/s1. The summed E-state index contributed by atoms with van der Waals surface area (Å²) in [6, 6.07) is 11.3. The van der Waals surface area contributed by atoms with Crippen LogP contribution in [0.25, 0.3) is 11.0 Å². The quantitative estimate of drug-likeness (QED) is 0.386. The number of alkyl halides is 2. The third-order valence-corrected chi connectivity index (χ3v) is 6.79. The van der Waals surface area contributed by atoms with Crippen molar-refractivity contribution in [2.75, 3.05) is 0 Å². The van der Waals surface area contributed by atoms with Gasteiger partial charge in [-0.05, 0) is 49.2 Å². The van der Waals surface area contributed by atoms with Gasteiger partial charge in [0, 0.05) is 29.4 Å². The van der Waals surface area contributed by atoms with E-state index in [0.717, 1.165) is 11.0 Å². The summed E-state index contributed by atoms with van der Waals surface area (Å²) in [6.45, 7) is -1.78. The Labute approximate surface area is 209 Å². The SMILES string of the molecule is CC(O)C(=O)c1nccc(Cc2c(OC(F)F)ccc3c2[C@H]2C[C@@H](NC3=O)c3nc4ccccc4n32)n1. The Bertz CT molecular complexity index is 1570. The lowest BCUT2D eigenvalue weighted by Crippen LogP contribution is -2.28. The largest absolute Gasteiger partial charge is 0.435 e. The number of imidazole rings is 1. The molecule has 3 atom stereocenters. The monoisotopic (exact) mass is 505 g/mol. The predicted molar refractivity (Wildman–Crippen MR) is 127 cm³/mol. The smallest absolute Gasteiger partial charge is 0.387 e. The molecule has 0 saturated heterocycles. The Kier molecular flexibility index (Phi) is 5.45. The maximum absolute atomic E-state index is 13.5. The van der Waals surface area contributed by atoms with Crippen LogP contribution in [-0.2, 0) is 6.42 Å². The fraction of sp³-hybridized carbons (Fsp3) is 0.269. The molecule has 1 unspecified atom stereocenters. The fourth-order valence-corrected chi connectivity index (χ4v) is 5.27. The summed E-state index contributed by atoms with van der Waals surface area (Å²) in [5.74, 6) is -0.570. The molecule has 4 heterocycles. The van der Waals surface area contributed by atoms with Gasteiger partial charge in [0.15, 0.2) is 5.82 Å². The zero-order valence-corrected chi connectivity index (χ0v) is 19.6. The molecule has 1 amide bonds. The molecule has 37 heavy (non-hydrogen) atoms. The Morgan fingerprint density at radius 2 is 2.03 bits per heavy atom. The number of carbonyl (C=O) groups is 2. The van der Waals surface area contributed by atoms with Crippen LogP contribution in [0.3, 0.4) is 0 Å². The summed E-state index contributed by atoms with van der Waals surface area (Å²) in [4.78, 5) is 38.4. The van der Waals surface area contributed by atoms with E-state index in [1.165, 1.54) is 25.3 Å². The van der Waals surface area contributed by atoms with Gasteiger partial charge in [-0.1, -0.05) is 12.1 Å². The first kappa shape index (κ1) is 23.2. The first-order valence-corrected chi connectivity index (χ1v) is 11.7. The Balaban J connectivity index is 1.55. The number of hydrogen-bond acceptors (Lipinski definition) is 7. The lowest BCUT2D eigenvalue weighted by Gasteiger charge is -2.23. The number of aliphatic hydroxyl groups is 1. The number of benzene rings is 2. The predicted octanol–water partition coefficient (Wildman–Crippen LogP) is 3.36. The van der Waals surface area contributed by atoms with E-state index in [1.807, 2.05) is 28.8 Å². The summed E-state index contributed by atoms with van der Waals surface area (Å²) in [7, 11) is 0. The highest BCUT2D eigenvalue weighted by Crippen LogP contribution is 2.47. The van der Waals surface area contributed by atoms with Gasteiger partial charge in [0.25, 0.3) is 5.91 Å². The fourth-order valence-electron chi connectivity index (χ4n) is 5.27. The minimum atomic E-state index is -3.09. The zero-order chi connectivity index (χ0) is 25.8. The molecule has 188 valence electrons. The van der Waals surface area contributed by atoms with Gasteiger partial charge in [-0.15, -0.1) is 0 Å². The molecule has 2 aliphatic heterocycles. The van der Waals surface area contributed by atoms with Crippen LogP contribution in [0.2, 0.25) is 0 Å². The van der Waals surface area contributed by atoms with E-state index in [-0.39, 0.29) is 36.0 Å². The summed E-state index contributed by atoms with van der Waals surface area (Å²) in [5.41, 5.74) is 3.23. The lowest BCUT2D eigenvalue weighted by molar-refractivity contribution is -0.0504. The molecule has 0 fully saturated rings. The summed E-state index contributed by atoms with van der Waals surface area (Å²) in [5, 5.41) is 12.7. The molecule has 6 rings (SSSR count). The van der Waals surface area contributed by atoms with Crippen molar-refractivity contribution < 1.29 is 28.2 Å². The molecule has 2 aromatic heterocycles. The van der Waals surface area contributed by atoms with Crippen LogP contribution in [0.15, 0.2) is 48.7 Å². The van der Waals surface area contributed by atoms with Crippen LogP contribution >= 0.6 is 0 Å². The van der Waals surface area contributed by atoms with Gasteiger partial charge >= 0.3 is 6.61 Å². The summed E-state index contributed by atoms with van der Waals surface area (Å²) >= 11 is 0. The molecule has 0 radical (unpaired) electrons. The number of aromatic nitrogens is 4. The van der Waals surface area contributed by atoms with Crippen molar-refractivity contribution in [3.63, 3.8) is 0 Å². The lowest BCUT2D eigenvalue weighted by atomic mass is 9.90. The van der Waals surface area contributed by atoms with Crippen molar-refractivity contribution >= 4 is 22.7 Å². The number of halogens is 2. The van der Waals surface area contributed by atoms with E-state index < -0.39 is 18.5 Å². The minimum absolute atomic E-state index is 0.00968. The van der Waals surface area contributed by atoms with Crippen LogP contribution in [0, 0.1) is 0 Å². The average molecular weight is 505 g/mol. The molecule has 2 bridgehead atoms. The normalized spacial score (nSPS) is 18.8. The second-order valence-corrected chi connectivity index (χ2v) is 9.08. The maximum atomic E-state index is 13.5. The maximum Gasteiger partial charge on any atom is 0.387 e. The molecule has 2 aromatic carbocycles. The van der Waals surface area contributed by atoms with Gasteiger partial charge in [0.1, 0.15) is 17.7 Å². The summed E-state index contributed by atoms with van der Waals surface area (Å²) in [6.07, 6.45) is 0.553. The third-order valence-electron chi connectivity index (χ3n) is 6.79. The zero-order valence-electron chi connectivity index (χ0n) is 19.6. The molecule has 11 heteroatoms. The van der Waals surface area contributed by atoms with Crippen LogP contribution in [0.4, 0.5) is 8.78 Å². The van der Waals surface area contributed by atoms with Crippen LogP contribution < -0.4 is 10.1 Å². The number of ether oxygens (including phenoxy) is 1. The average Bonchev–Trinajstić information content (AvgIpc) is 3.37. The Hall–Kier alpha value is -4.25.